The van der Waals surface area contributed by atoms with Crippen molar-refractivity contribution in [1.29, 1.82) is 0 Å². The smallest absolute Gasteiger partial charge is 0.335 e. The Morgan fingerprint density at radius 3 is 2.65 bits per heavy atom. The van der Waals surface area contributed by atoms with Crippen LogP contribution in [-0.4, -0.2) is 26.2 Å². The van der Waals surface area contributed by atoms with Gasteiger partial charge in [-0.15, -0.1) is 0 Å². The first kappa shape index (κ1) is 15.0. The van der Waals surface area contributed by atoms with Gasteiger partial charge in [-0.3, -0.25) is 0 Å². The van der Waals surface area contributed by atoms with E-state index in [9.17, 15) is 4.79 Å². The van der Waals surface area contributed by atoms with Crippen LogP contribution in [0.1, 0.15) is 21.7 Å². The monoisotopic (exact) mass is 326 g/mol. The number of benzene rings is 2. The predicted octanol–water partition coefficient (Wildman–Crippen LogP) is 2.51. The number of thiocarbonyl (C=S) groups is 1. The number of carbonyl (C=O) groups is 1. The summed E-state index contributed by atoms with van der Waals surface area (Å²) in [6.07, 6.45) is 0.616. The minimum absolute atomic E-state index is 0.226. The highest BCUT2D eigenvalue weighted by Gasteiger charge is 2.08. The first-order valence-electron chi connectivity index (χ1n) is 6.88. The number of aromatic amines is 1. The third kappa shape index (κ3) is 3.46. The molecular formula is C16H14N4O2S. The van der Waals surface area contributed by atoms with Crippen molar-refractivity contribution in [1.82, 2.24) is 9.97 Å². The molecule has 7 heteroatoms. The van der Waals surface area contributed by atoms with Crippen molar-refractivity contribution in [3.8, 4) is 0 Å². The number of hydrogen-bond acceptors (Lipinski definition) is 3. The van der Waals surface area contributed by atoms with Crippen LogP contribution in [0.2, 0.25) is 0 Å². The van der Waals surface area contributed by atoms with Gasteiger partial charge in [-0.2, -0.15) is 0 Å². The Labute approximate surface area is 137 Å². The molecule has 3 rings (SSSR count). The maximum absolute atomic E-state index is 11.0. The van der Waals surface area contributed by atoms with E-state index in [1.54, 1.807) is 18.2 Å². The number of nitrogens with zero attached hydrogens (tertiary/aromatic N) is 1. The quantitative estimate of drug-likeness (QED) is 0.549. The minimum atomic E-state index is -0.955. The second-order valence-corrected chi connectivity index (χ2v) is 5.52. The summed E-state index contributed by atoms with van der Waals surface area (Å²) >= 11 is 4.79. The summed E-state index contributed by atoms with van der Waals surface area (Å²) in [5, 5.41) is 12.1. The Balaban J connectivity index is 1.81. The molecule has 0 amide bonds. The average molecular weight is 326 g/mol. The SMILES string of the molecule is NC(=S)Nc1ccc(Cc2nc3ccc(C(=O)O)cc3[nH]2)cc1. The lowest BCUT2D eigenvalue weighted by Gasteiger charge is -2.04. The summed E-state index contributed by atoms with van der Waals surface area (Å²) in [5.74, 6) is -0.179. The van der Waals surface area contributed by atoms with Crippen LogP contribution in [0.25, 0.3) is 11.0 Å². The lowest BCUT2D eigenvalue weighted by Crippen LogP contribution is -2.18. The highest BCUT2D eigenvalue weighted by Crippen LogP contribution is 2.17. The number of anilines is 1. The van der Waals surface area contributed by atoms with Gasteiger partial charge < -0.3 is 21.1 Å². The van der Waals surface area contributed by atoms with Gasteiger partial charge in [-0.25, -0.2) is 9.78 Å². The van der Waals surface area contributed by atoms with Crippen LogP contribution in [0.4, 0.5) is 5.69 Å². The van der Waals surface area contributed by atoms with E-state index in [0.717, 1.165) is 22.6 Å². The van der Waals surface area contributed by atoms with E-state index >= 15 is 0 Å². The van der Waals surface area contributed by atoms with Gasteiger partial charge in [-0.1, -0.05) is 12.1 Å². The topological polar surface area (TPSA) is 104 Å². The molecule has 0 saturated carbocycles. The molecule has 0 spiro atoms. The van der Waals surface area contributed by atoms with Crippen molar-refractivity contribution in [2.45, 2.75) is 6.42 Å². The van der Waals surface area contributed by atoms with Crippen molar-refractivity contribution >= 4 is 40.0 Å². The van der Waals surface area contributed by atoms with Crippen LogP contribution in [0, 0.1) is 0 Å². The van der Waals surface area contributed by atoms with E-state index in [1.165, 1.54) is 0 Å². The highest BCUT2D eigenvalue weighted by atomic mass is 32.1. The first-order valence-corrected chi connectivity index (χ1v) is 7.29. The van der Waals surface area contributed by atoms with Crippen molar-refractivity contribution in [2.24, 2.45) is 5.73 Å². The van der Waals surface area contributed by atoms with Gasteiger partial charge in [0.15, 0.2) is 5.11 Å². The molecule has 0 atom stereocenters. The van der Waals surface area contributed by atoms with Gasteiger partial charge in [-0.05, 0) is 48.1 Å². The van der Waals surface area contributed by atoms with E-state index in [2.05, 4.69) is 15.3 Å². The fourth-order valence-corrected chi connectivity index (χ4v) is 2.44. The van der Waals surface area contributed by atoms with Gasteiger partial charge >= 0.3 is 5.97 Å². The lowest BCUT2D eigenvalue weighted by atomic mass is 10.1. The van der Waals surface area contributed by atoms with Crippen LogP contribution < -0.4 is 11.1 Å². The molecule has 0 aliphatic carbocycles. The number of nitrogens with one attached hydrogen (secondary N) is 2. The molecule has 0 aliphatic rings. The summed E-state index contributed by atoms with van der Waals surface area (Å²) in [4.78, 5) is 18.6. The van der Waals surface area contributed by atoms with Crippen molar-refractivity contribution in [3.63, 3.8) is 0 Å². The first-order chi connectivity index (χ1) is 11.0. The largest absolute Gasteiger partial charge is 0.478 e. The molecule has 23 heavy (non-hydrogen) atoms. The number of fused-ring (bicyclic) bond motifs is 1. The number of hydrogen-bond donors (Lipinski definition) is 4. The number of aromatic nitrogens is 2. The normalized spacial score (nSPS) is 10.6. The predicted molar refractivity (Wildman–Crippen MR) is 92.7 cm³/mol. The molecule has 0 fully saturated rings. The number of nitrogens with two attached hydrogens (primary N) is 1. The molecule has 6 nitrogen and oxygen atoms in total. The van der Waals surface area contributed by atoms with Crippen LogP contribution in [0.15, 0.2) is 42.5 Å². The van der Waals surface area contributed by atoms with Gasteiger partial charge in [0.25, 0.3) is 0 Å². The van der Waals surface area contributed by atoms with E-state index < -0.39 is 5.97 Å². The Kier molecular flexibility index (Phi) is 3.94. The molecule has 0 bridgehead atoms. The number of rotatable bonds is 4. The number of imidazole rings is 1. The summed E-state index contributed by atoms with van der Waals surface area (Å²) in [5.41, 5.74) is 9.02. The molecule has 0 aliphatic heterocycles. The van der Waals surface area contributed by atoms with Gasteiger partial charge in [0.2, 0.25) is 0 Å². The zero-order valence-corrected chi connectivity index (χ0v) is 12.9. The van der Waals surface area contributed by atoms with Crippen molar-refractivity contribution in [2.75, 3.05) is 5.32 Å². The highest BCUT2D eigenvalue weighted by molar-refractivity contribution is 7.80. The Morgan fingerprint density at radius 1 is 1.26 bits per heavy atom. The van der Waals surface area contributed by atoms with Crippen LogP contribution in [-0.2, 0) is 6.42 Å². The zero-order chi connectivity index (χ0) is 16.4. The molecule has 5 N–H and O–H groups in total. The number of H-pyrrole nitrogens is 1. The van der Waals surface area contributed by atoms with E-state index in [-0.39, 0.29) is 10.7 Å². The van der Waals surface area contributed by atoms with Gasteiger partial charge in [0.05, 0.1) is 16.6 Å². The maximum atomic E-state index is 11.0. The molecule has 2 aromatic carbocycles. The van der Waals surface area contributed by atoms with E-state index in [0.29, 0.717) is 11.9 Å². The summed E-state index contributed by atoms with van der Waals surface area (Å²) < 4.78 is 0. The maximum Gasteiger partial charge on any atom is 0.335 e. The Bertz CT molecular complexity index is 887. The van der Waals surface area contributed by atoms with Crippen molar-refractivity contribution < 1.29 is 9.90 Å². The molecule has 1 heterocycles. The number of carboxylic acids is 1. The molecule has 3 aromatic rings. The second kappa shape index (κ2) is 6.05. The fourth-order valence-electron chi connectivity index (χ4n) is 2.32. The lowest BCUT2D eigenvalue weighted by molar-refractivity contribution is 0.0697. The van der Waals surface area contributed by atoms with Crippen LogP contribution in [0.3, 0.4) is 0 Å². The zero-order valence-electron chi connectivity index (χ0n) is 12.0. The second-order valence-electron chi connectivity index (χ2n) is 5.08. The molecule has 0 saturated heterocycles. The molecule has 0 unspecified atom stereocenters. The van der Waals surface area contributed by atoms with Crippen molar-refractivity contribution in [3.05, 3.63) is 59.4 Å². The summed E-state index contributed by atoms with van der Waals surface area (Å²) in [6, 6.07) is 12.5. The van der Waals surface area contributed by atoms with E-state index in [1.807, 2.05) is 24.3 Å². The molecule has 116 valence electrons. The summed E-state index contributed by atoms with van der Waals surface area (Å²) in [7, 11) is 0. The number of carboxylic acid groups (broad SMARTS) is 1. The molecule has 1 aromatic heterocycles. The number of aromatic carboxylic acids is 1. The van der Waals surface area contributed by atoms with Gasteiger partial charge in [0, 0.05) is 12.1 Å². The van der Waals surface area contributed by atoms with Gasteiger partial charge in [0.1, 0.15) is 5.82 Å². The Hall–Kier alpha value is -2.93. The fraction of sp³-hybridized carbons (Fsp3) is 0.0625. The van der Waals surface area contributed by atoms with E-state index in [4.69, 9.17) is 23.1 Å². The average Bonchev–Trinajstić information content (AvgIpc) is 2.90. The van der Waals surface area contributed by atoms with Crippen LogP contribution in [0.5, 0.6) is 0 Å². The molecule has 0 radical (unpaired) electrons. The summed E-state index contributed by atoms with van der Waals surface area (Å²) in [6.45, 7) is 0. The Morgan fingerprint density at radius 2 is 2.00 bits per heavy atom. The third-order valence-corrected chi connectivity index (χ3v) is 3.47. The van der Waals surface area contributed by atoms with Crippen LogP contribution >= 0.6 is 12.2 Å². The minimum Gasteiger partial charge on any atom is -0.478 e. The third-order valence-electron chi connectivity index (χ3n) is 3.37. The standard InChI is InChI=1S/C16H14N4O2S/c17-16(23)18-11-4-1-9(2-5-11)7-14-19-12-6-3-10(15(21)22)8-13(12)20-14/h1-6,8H,7H2,(H,19,20)(H,21,22)(H3,17,18,23). The molecular weight excluding hydrogens is 312 g/mol.